The molecule has 0 saturated heterocycles. The van der Waals surface area contributed by atoms with Gasteiger partial charge in [-0.3, -0.25) is 0 Å². The number of urea groups is 1. The van der Waals surface area contributed by atoms with Crippen LogP contribution < -0.4 is 10.6 Å². The van der Waals surface area contributed by atoms with Crippen molar-refractivity contribution in [3.05, 3.63) is 29.8 Å². The maximum Gasteiger partial charge on any atom is 0.319 e. The first-order valence-corrected chi connectivity index (χ1v) is 6.71. The van der Waals surface area contributed by atoms with Crippen LogP contribution in [0.3, 0.4) is 0 Å². The summed E-state index contributed by atoms with van der Waals surface area (Å²) in [6.07, 6.45) is 0.646. The van der Waals surface area contributed by atoms with E-state index < -0.39 is 0 Å². The Bertz CT molecular complexity index is 433. The zero-order valence-electron chi connectivity index (χ0n) is 12.4. The maximum absolute atomic E-state index is 11.9. The molecule has 112 valence electrons. The molecule has 1 aromatic carbocycles. The first-order valence-electron chi connectivity index (χ1n) is 6.71. The van der Waals surface area contributed by atoms with Crippen molar-refractivity contribution in [2.45, 2.75) is 26.9 Å². The third-order valence-electron chi connectivity index (χ3n) is 3.08. The van der Waals surface area contributed by atoms with Gasteiger partial charge in [0.25, 0.3) is 0 Å². The van der Waals surface area contributed by atoms with Crippen LogP contribution in [0.1, 0.15) is 25.8 Å². The highest BCUT2D eigenvalue weighted by atomic mass is 16.5. The van der Waals surface area contributed by atoms with E-state index in [0.29, 0.717) is 19.6 Å². The van der Waals surface area contributed by atoms with E-state index in [-0.39, 0.29) is 18.1 Å². The highest BCUT2D eigenvalue weighted by molar-refractivity contribution is 5.90. The minimum absolute atomic E-state index is 0.118. The number of carbonyl (C=O) groups excluding carboxylic acids is 1. The van der Waals surface area contributed by atoms with Gasteiger partial charge in [-0.1, -0.05) is 32.0 Å². The monoisotopic (exact) mass is 280 g/mol. The number of aliphatic hydroxyl groups excluding tert-OH is 1. The second-order valence-corrected chi connectivity index (χ2v) is 5.54. The number of carbonyl (C=O) groups is 1. The van der Waals surface area contributed by atoms with Gasteiger partial charge in [-0.25, -0.2) is 4.79 Å². The van der Waals surface area contributed by atoms with Gasteiger partial charge in [-0.15, -0.1) is 0 Å². The molecule has 5 nitrogen and oxygen atoms in total. The Morgan fingerprint density at radius 1 is 1.35 bits per heavy atom. The smallest absolute Gasteiger partial charge is 0.319 e. The van der Waals surface area contributed by atoms with E-state index in [0.717, 1.165) is 11.3 Å². The molecule has 0 fully saturated rings. The van der Waals surface area contributed by atoms with E-state index in [4.69, 9.17) is 9.84 Å². The fraction of sp³-hybridized carbons (Fsp3) is 0.533. The van der Waals surface area contributed by atoms with Crippen LogP contribution in [0.25, 0.3) is 0 Å². The highest BCUT2D eigenvalue weighted by Gasteiger charge is 2.18. The topological polar surface area (TPSA) is 70.6 Å². The molecule has 0 aliphatic carbocycles. The Morgan fingerprint density at radius 2 is 2.05 bits per heavy atom. The van der Waals surface area contributed by atoms with E-state index in [1.165, 1.54) is 0 Å². The van der Waals surface area contributed by atoms with Crippen LogP contribution in [0.2, 0.25) is 0 Å². The lowest BCUT2D eigenvalue weighted by Crippen LogP contribution is -2.37. The molecule has 0 unspecified atom stereocenters. The maximum atomic E-state index is 11.9. The number of methoxy groups -OCH3 is 1. The SMILES string of the molecule is COCc1ccccc1NC(=O)NCC(C)(C)CCO. The van der Waals surface area contributed by atoms with Gasteiger partial charge in [0, 0.05) is 31.5 Å². The largest absolute Gasteiger partial charge is 0.396 e. The number of amides is 2. The summed E-state index contributed by atoms with van der Waals surface area (Å²) in [5, 5.41) is 14.6. The minimum atomic E-state index is -0.250. The summed E-state index contributed by atoms with van der Waals surface area (Å²) in [4.78, 5) is 11.9. The van der Waals surface area contributed by atoms with Crippen LogP contribution in [0, 0.1) is 5.41 Å². The van der Waals surface area contributed by atoms with Crippen LogP contribution in [-0.4, -0.2) is 31.4 Å². The van der Waals surface area contributed by atoms with Gasteiger partial charge in [0.15, 0.2) is 0 Å². The molecule has 0 bridgehead atoms. The van der Waals surface area contributed by atoms with Gasteiger partial charge in [0.1, 0.15) is 0 Å². The summed E-state index contributed by atoms with van der Waals surface area (Å²) >= 11 is 0. The van der Waals surface area contributed by atoms with Gasteiger partial charge in [0.2, 0.25) is 0 Å². The van der Waals surface area contributed by atoms with Crippen LogP contribution in [0.5, 0.6) is 0 Å². The fourth-order valence-corrected chi connectivity index (χ4v) is 1.80. The van der Waals surface area contributed by atoms with Crippen molar-refractivity contribution < 1.29 is 14.6 Å². The lowest BCUT2D eigenvalue weighted by molar-refractivity contribution is 0.185. The summed E-state index contributed by atoms with van der Waals surface area (Å²) < 4.78 is 5.10. The van der Waals surface area contributed by atoms with E-state index in [1.807, 2.05) is 38.1 Å². The van der Waals surface area contributed by atoms with Crippen LogP contribution in [-0.2, 0) is 11.3 Å². The first kappa shape index (κ1) is 16.5. The Morgan fingerprint density at radius 3 is 2.70 bits per heavy atom. The molecular formula is C15H24N2O3. The Kier molecular flexibility index (Phi) is 6.48. The van der Waals surface area contributed by atoms with E-state index >= 15 is 0 Å². The van der Waals surface area contributed by atoms with Crippen molar-refractivity contribution >= 4 is 11.7 Å². The predicted octanol–water partition coefficient (Wildman–Crippen LogP) is 2.36. The number of hydrogen-bond acceptors (Lipinski definition) is 3. The molecule has 0 aliphatic rings. The molecule has 3 N–H and O–H groups in total. The lowest BCUT2D eigenvalue weighted by Gasteiger charge is -2.24. The predicted molar refractivity (Wildman–Crippen MR) is 79.7 cm³/mol. The summed E-state index contributed by atoms with van der Waals surface area (Å²) in [7, 11) is 1.62. The molecular weight excluding hydrogens is 256 g/mol. The summed E-state index contributed by atoms with van der Waals surface area (Å²) in [5.41, 5.74) is 1.55. The molecule has 5 heteroatoms. The third-order valence-corrected chi connectivity index (χ3v) is 3.08. The number of nitrogens with one attached hydrogen (secondary N) is 2. The quantitative estimate of drug-likeness (QED) is 0.718. The average molecular weight is 280 g/mol. The van der Waals surface area contributed by atoms with Gasteiger partial charge in [-0.05, 0) is 17.9 Å². The van der Waals surface area contributed by atoms with E-state index in [1.54, 1.807) is 7.11 Å². The Balaban J connectivity index is 2.54. The molecule has 1 rings (SSSR count). The molecule has 0 spiro atoms. The number of aliphatic hydroxyl groups is 1. The van der Waals surface area contributed by atoms with Gasteiger partial charge >= 0.3 is 6.03 Å². The number of rotatable bonds is 7. The van der Waals surface area contributed by atoms with Crippen molar-refractivity contribution in [3.8, 4) is 0 Å². The summed E-state index contributed by atoms with van der Waals surface area (Å²) in [5.74, 6) is 0. The summed E-state index contributed by atoms with van der Waals surface area (Å²) in [6, 6.07) is 7.27. The molecule has 0 aromatic heterocycles. The third kappa shape index (κ3) is 5.59. The molecule has 0 radical (unpaired) electrons. The highest BCUT2D eigenvalue weighted by Crippen LogP contribution is 2.19. The number of hydrogen-bond donors (Lipinski definition) is 3. The molecule has 0 atom stereocenters. The second kappa shape index (κ2) is 7.87. The zero-order valence-corrected chi connectivity index (χ0v) is 12.4. The standard InChI is InChI=1S/C15H24N2O3/c1-15(2,8-9-18)11-16-14(19)17-13-7-5-4-6-12(13)10-20-3/h4-7,18H,8-11H2,1-3H3,(H2,16,17,19). The van der Waals surface area contributed by atoms with Gasteiger partial charge in [-0.2, -0.15) is 0 Å². The van der Waals surface area contributed by atoms with Crippen LogP contribution >= 0.6 is 0 Å². The van der Waals surface area contributed by atoms with Gasteiger partial charge < -0.3 is 20.5 Å². The Hall–Kier alpha value is -1.59. The van der Waals surface area contributed by atoms with E-state index in [2.05, 4.69) is 10.6 Å². The minimum Gasteiger partial charge on any atom is -0.396 e. The number of benzene rings is 1. The molecule has 2 amide bonds. The fourth-order valence-electron chi connectivity index (χ4n) is 1.80. The number of ether oxygens (including phenoxy) is 1. The average Bonchev–Trinajstić information content (AvgIpc) is 2.39. The van der Waals surface area contributed by atoms with Crippen LogP contribution in [0.15, 0.2) is 24.3 Å². The number of para-hydroxylation sites is 1. The van der Waals surface area contributed by atoms with Crippen molar-refractivity contribution in [3.63, 3.8) is 0 Å². The van der Waals surface area contributed by atoms with Crippen molar-refractivity contribution in [1.82, 2.24) is 5.32 Å². The zero-order chi connectivity index (χ0) is 15.0. The molecule has 0 heterocycles. The first-order chi connectivity index (χ1) is 9.48. The normalized spacial score (nSPS) is 11.2. The molecule has 1 aromatic rings. The van der Waals surface area contributed by atoms with Crippen molar-refractivity contribution in [2.75, 3.05) is 25.6 Å². The molecule has 0 aliphatic heterocycles. The van der Waals surface area contributed by atoms with Crippen molar-refractivity contribution in [1.29, 1.82) is 0 Å². The van der Waals surface area contributed by atoms with Crippen molar-refractivity contribution in [2.24, 2.45) is 5.41 Å². The second-order valence-electron chi connectivity index (χ2n) is 5.54. The lowest BCUT2D eigenvalue weighted by atomic mass is 9.90. The van der Waals surface area contributed by atoms with Crippen LogP contribution in [0.4, 0.5) is 10.5 Å². The summed E-state index contributed by atoms with van der Waals surface area (Å²) in [6.45, 7) is 5.08. The number of anilines is 1. The Labute approximate surface area is 120 Å². The van der Waals surface area contributed by atoms with Gasteiger partial charge in [0.05, 0.1) is 6.61 Å². The van der Waals surface area contributed by atoms with E-state index in [9.17, 15) is 4.79 Å². The molecule has 0 saturated carbocycles. The molecule has 20 heavy (non-hydrogen) atoms.